The molecule has 96 valence electrons. The van der Waals surface area contributed by atoms with Crippen LogP contribution >= 0.6 is 0 Å². The Morgan fingerprint density at radius 2 is 2.22 bits per heavy atom. The Labute approximate surface area is 103 Å². The number of likely N-dealkylation sites (tertiary alicyclic amines) is 1. The third-order valence-electron chi connectivity index (χ3n) is 2.98. The van der Waals surface area contributed by atoms with Crippen LogP contribution in [-0.2, 0) is 16.1 Å². The van der Waals surface area contributed by atoms with E-state index in [0.29, 0.717) is 5.76 Å². The first-order valence-corrected chi connectivity index (χ1v) is 5.57. The van der Waals surface area contributed by atoms with Crippen molar-refractivity contribution in [3.05, 3.63) is 23.2 Å². The molecule has 0 aromatic carbocycles. The number of carbonyl (C=O) groups is 3. The van der Waals surface area contributed by atoms with E-state index in [4.69, 9.17) is 9.52 Å². The summed E-state index contributed by atoms with van der Waals surface area (Å²) in [6.45, 7) is 3.22. The zero-order chi connectivity index (χ0) is 13.4. The van der Waals surface area contributed by atoms with Gasteiger partial charge in [-0.25, -0.2) is 4.79 Å². The van der Waals surface area contributed by atoms with Crippen molar-refractivity contribution >= 4 is 17.8 Å². The van der Waals surface area contributed by atoms with Gasteiger partial charge in [-0.05, 0) is 13.0 Å². The highest BCUT2D eigenvalue weighted by atomic mass is 16.4. The monoisotopic (exact) mass is 251 g/mol. The number of aromatic carboxylic acids is 1. The van der Waals surface area contributed by atoms with Crippen LogP contribution in [0.1, 0.15) is 35.2 Å². The van der Waals surface area contributed by atoms with Crippen LogP contribution in [0.2, 0.25) is 0 Å². The third-order valence-corrected chi connectivity index (χ3v) is 2.98. The molecule has 1 aromatic rings. The standard InChI is InChI=1S/C12H13NO5/c1-6-3-10(14)13(11(6)15)5-8-4-9(12(16)17)7(2)18-8/h4,6H,3,5H2,1-2H3,(H,16,17). The summed E-state index contributed by atoms with van der Waals surface area (Å²) in [5, 5.41) is 8.88. The Kier molecular flexibility index (Phi) is 2.94. The fourth-order valence-corrected chi connectivity index (χ4v) is 2.00. The Hall–Kier alpha value is -2.11. The molecule has 1 aliphatic rings. The molecular formula is C12H13NO5. The summed E-state index contributed by atoms with van der Waals surface area (Å²) in [4.78, 5) is 35.2. The van der Waals surface area contributed by atoms with Gasteiger partial charge in [0, 0.05) is 12.3 Å². The average molecular weight is 251 g/mol. The number of imide groups is 1. The van der Waals surface area contributed by atoms with Gasteiger partial charge in [-0.3, -0.25) is 14.5 Å². The number of carboxylic acid groups (broad SMARTS) is 1. The number of carbonyl (C=O) groups excluding carboxylic acids is 2. The Bertz CT molecular complexity index is 531. The normalized spacial score (nSPS) is 19.7. The van der Waals surface area contributed by atoms with Gasteiger partial charge in [0.15, 0.2) is 0 Å². The Morgan fingerprint density at radius 3 is 2.67 bits per heavy atom. The lowest BCUT2D eigenvalue weighted by Crippen LogP contribution is -2.29. The lowest BCUT2D eigenvalue weighted by Gasteiger charge is -2.11. The smallest absolute Gasteiger partial charge is 0.339 e. The van der Waals surface area contributed by atoms with Gasteiger partial charge in [0.05, 0.1) is 6.54 Å². The Balaban J connectivity index is 2.20. The fraction of sp³-hybridized carbons (Fsp3) is 0.417. The van der Waals surface area contributed by atoms with Crippen molar-refractivity contribution in [1.82, 2.24) is 4.90 Å². The van der Waals surface area contributed by atoms with Crippen LogP contribution in [0.4, 0.5) is 0 Å². The quantitative estimate of drug-likeness (QED) is 0.815. The molecule has 0 bridgehead atoms. The second kappa shape index (κ2) is 4.29. The SMILES string of the molecule is Cc1oc(CN2C(=O)CC(C)C2=O)cc1C(=O)O. The molecule has 6 heteroatoms. The first kappa shape index (κ1) is 12.3. The minimum atomic E-state index is -1.09. The van der Waals surface area contributed by atoms with Crippen LogP contribution in [0.5, 0.6) is 0 Å². The van der Waals surface area contributed by atoms with Gasteiger partial charge in [-0.1, -0.05) is 6.92 Å². The first-order valence-electron chi connectivity index (χ1n) is 5.57. The second-order valence-electron chi connectivity index (χ2n) is 4.41. The van der Waals surface area contributed by atoms with E-state index in [-0.39, 0.29) is 42.0 Å². The van der Waals surface area contributed by atoms with Gasteiger partial charge in [-0.2, -0.15) is 0 Å². The van der Waals surface area contributed by atoms with Crippen LogP contribution < -0.4 is 0 Å². The van der Waals surface area contributed by atoms with Crippen LogP contribution in [0.15, 0.2) is 10.5 Å². The zero-order valence-corrected chi connectivity index (χ0v) is 10.1. The molecule has 1 N–H and O–H groups in total. The molecule has 1 aliphatic heterocycles. The highest BCUT2D eigenvalue weighted by Crippen LogP contribution is 2.23. The molecule has 2 heterocycles. The van der Waals surface area contributed by atoms with E-state index >= 15 is 0 Å². The summed E-state index contributed by atoms with van der Waals surface area (Å²) >= 11 is 0. The molecule has 0 aliphatic carbocycles. The molecule has 0 saturated carbocycles. The molecule has 6 nitrogen and oxygen atoms in total. The number of amides is 2. The molecule has 1 fully saturated rings. The van der Waals surface area contributed by atoms with Crippen molar-refractivity contribution in [2.45, 2.75) is 26.8 Å². The maximum Gasteiger partial charge on any atom is 0.339 e. The van der Waals surface area contributed by atoms with E-state index in [2.05, 4.69) is 0 Å². The number of hydrogen-bond acceptors (Lipinski definition) is 4. The molecule has 0 spiro atoms. The van der Waals surface area contributed by atoms with Crippen molar-refractivity contribution in [3.8, 4) is 0 Å². The third kappa shape index (κ3) is 2.01. The second-order valence-corrected chi connectivity index (χ2v) is 4.41. The fourth-order valence-electron chi connectivity index (χ4n) is 2.00. The summed E-state index contributed by atoms with van der Waals surface area (Å²) in [5.41, 5.74) is 0.0529. The van der Waals surface area contributed by atoms with Gasteiger partial charge in [0.1, 0.15) is 17.1 Å². The molecular weight excluding hydrogens is 238 g/mol. The minimum absolute atomic E-state index is 0.00384. The summed E-state index contributed by atoms with van der Waals surface area (Å²) in [6.07, 6.45) is 0.199. The molecule has 2 amide bonds. The molecule has 2 rings (SSSR count). The predicted molar refractivity (Wildman–Crippen MR) is 59.7 cm³/mol. The lowest BCUT2D eigenvalue weighted by atomic mass is 10.1. The molecule has 1 aromatic heterocycles. The van der Waals surface area contributed by atoms with E-state index in [9.17, 15) is 14.4 Å². The predicted octanol–water partition coefficient (Wildman–Crippen LogP) is 1.18. The minimum Gasteiger partial charge on any atom is -0.478 e. The van der Waals surface area contributed by atoms with Crippen molar-refractivity contribution in [3.63, 3.8) is 0 Å². The molecule has 1 unspecified atom stereocenters. The molecule has 0 radical (unpaired) electrons. The summed E-state index contributed by atoms with van der Waals surface area (Å²) in [5.74, 6) is -1.32. The number of aryl methyl sites for hydroxylation is 1. The maximum absolute atomic E-state index is 11.7. The van der Waals surface area contributed by atoms with Crippen LogP contribution in [-0.4, -0.2) is 27.8 Å². The average Bonchev–Trinajstić information content (AvgIpc) is 2.75. The number of nitrogens with zero attached hydrogens (tertiary/aromatic N) is 1. The first-order chi connectivity index (χ1) is 8.40. The number of rotatable bonds is 3. The van der Waals surface area contributed by atoms with Crippen LogP contribution in [0.3, 0.4) is 0 Å². The number of hydrogen-bond donors (Lipinski definition) is 1. The number of furan rings is 1. The largest absolute Gasteiger partial charge is 0.478 e. The summed E-state index contributed by atoms with van der Waals surface area (Å²) in [7, 11) is 0. The van der Waals surface area contributed by atoms with Crippen LogP contribution in [0, 0.1) is 12.8 Å². The molecule has 1 saturated heterocycles. The summed E-state index contributed by atoms with van der Waals surface area (Å²) < 4.78 is 5.24. The van der Waals surface area contributed by atoms with Crippen molar-refractivity contribution in [2.24, 2.45) is 5.92 Å². The molecule has 1 atom stereocenters. The van der Waals surface area contributed by atoms with Gasteiger partial charge >= 0.3 is 5.97 Å². The number of carboxylic acids is 1. The van der Waals surface area contributed by atoms with Crippen molar-refractivity contribution in [1.29, 1.82) is 0 Å². The van der Waals surface area contributed by atoms with E-state index in [1.807, 2.05) is 0 Å². The van der Waals surface area contributed by atoms with E-state index in [0.717, 1.165) is 4.90 Å². The topological polar surface area (TPSA) is 87.8 Å². The Morgan fingerprint density at radius 1 is 1.56 bits per heavy atom. The van der Waals surface area contributed by atoms with Gasteiger partial charge in [0.25, 0.3) is 0 Å². The van der Waals surface area contributed by atoms with Crippen molar-refractivity contribution in [2.75, 3.05) is 0 Å². The van der Waals surface area contributed by atoms with E-state index in [1.165, 1.54) is 13.0 Å². The highest BCUT2D eigenvalue weighted by molar-refractivity contribution is 6.03. The van der Waals surface area contributed by atoms with E-state index < -0.39 is 5.97 Å². The van der Waals surface area contributed by atoms with Gasteiger partial charge < -0.3 is 9.52 Å². The molecule has 18 heavy (non-hydrogen) atoms. The zero-order valence-electron chi connectivity index (χ0n) is 10.1. The van der Waals surface area contributed by atoms with Gasteiger partial charge in [0.2, 0.25) is 11.8 Å². The lowest BCUT2D eigenvalue weighted by molar-refractivity contribution is -0.140. The van der Waals surface area contributed by atoms with Crippen molar-refractivity contribution < 1.29 is 23.9 Å². The maximum atomic E-state index is 11.7. The van der Waals surface area contributed by atoms with Gasteiger partial charge in [-0.15, -0.1) is 0 Å². The summed E-state index contributed by atoms with van der Waals surface area (Å²) in [6, 6.07) is 1.35. The van der Waals surface area contributed by atoms with E-state index in [1.54, 1.807) is 6.92 Å². The van der Waals surface area contributed by atoms with Crippen LogP contribution in [0.25, 0.3) is 0 Å². The highest BCUT2D eigenvalue weighted by Gasteiger charge is 2.36.